The van der Waals surface area contributed by atoms with Gasteiger partial charge < -0.3 is 10.3 Å². The zero-order valence-electron chi connectivity index (χ0n) is 7.94. The molecule has 3 rings (SSSR count). The van der Waals surface area contributed by atoms with Gasteiger partial charge in [-0.05, 0) is 12.1 Å². The minimum atomic E-state index is 0.594. The first kappa shape index (κ1) is 9.56. The maximum absolute atomic E-state index is 6.11. The molecule has 0 aliphatic heterocycles. The van der Waals surface area contributed by atoms with Crippen LogP contribution in [0.4, 0.5) is 11.6 Å². The fraction of sp³-hybridized carbons (Fsp3) is 0. The van der Waals surface area contributed by atoms with Crippen molar-refractivity contribution in [2.45, 2.75) is 0 Å². The van der Waals surface area contributed by atoms with Crippen molar-refractivity contribution in [3.8, 4) is 0 Å². The number of hydrogen-bond donors (Lipinski definition) is 2. The molecular weight excluding hydrogens is 246 g/mol. The van der Waals surface area contributed by atoms with Crippen molar-refractivity contribution in [1.29, 1.82) is 0 Å². The van der Waals surface area contributed by atoms with E-state index < -0.39 is 0 Å². The third kappa shape index (κ3) is 1.52. The fourth-order valence-electron chi connectivity index (χ4n) is 1.40. The van der Waals surface area contributed by atoms with Gasteiger partial charge in [-0.1, -0.05) is 11.6 Å². The first-order valence-electron chi connectivity index (χ1n) is 4.52. The molecule has 2 aromatic heterocycles. The Hall–Kier alpha value is -1.66. The molecule has 0 saturated carbocycles. The maximum Gasteiger partial charge on any atom is 0.204 e. The molecule has 0 atom stereocenters. The van der Waals surface area contributed by atoms with E-state index in [2.05, 4.69) is 24.0 Å². The van der Waals surface area contributed by atoms with E-state index in [-0.39, 0.29) is 0 Å². The molecule has 3 aromatic rings. The van der Waals surface area contributed by atoms with Crippen LogP contribution in [0.15, 0.2) is 24.5 Å². The molecule has 0 aliphatic rings. The molecule has 5 nitrogen and oxygen atoms in total. The minimum Gasteiger partial charge on any atom is -0.331 e. The molecule has 2 N–H and O–H groups in total. The first-order valence-corrected chi connectivity index (χ1v) is 5.62. The summed E-state index contributed by atoms with van der Waals surface area (Å²) < 4.78 is 8.35. The third-order valence-corrected chi connectivity index (χ3v) is 2.98. The number of benzene rings is 1. The smallest absolute Gasteiger partial charge is 0.204 e. The highest BCUT2D eigenvalue weighted by Crippen LogP contribution is 2.31. The molecule has 0 aliphatic carbocycles. The number of halogens is 1. The van der Waals surface area contributed by atoms with Crippen LogP contribution in [-0.2, 0) is 0 Å². The number of fused-ring (bicyclic) bond motifs is 1. The van der Waals surface area contributed by atoms with Gasteiger partial charge in [0, 0.05) is 12.4 Å². The summed E-state index contributed by atoms with van der Waals surface area (Å²) in [4.78, 5) is 7.02. The first-order chi connectivity index (χ1) is 7.84. The largest absolute Gasteiger partial charge is 0.331 e. The lowest BCUT2D eigenvalue weighted by Crippen LogP contribution is -1.94. The number of rotatable bonds is 2. The van der Waals surface area contributed by atoms with Crippen LogP contribution in [0.1, 0.15) is 0 Å². The molecule has 1 aromatic carbocycles. The van der Waals surface area contributed by atoms with Crippen LogP contribution in [0.5, 0.6) is 0 Å². The molecular formula is C9H6ClN5S. The van der Waals surface area contributed by atoms with E-state index in [1.54, 1.807) is 18.5 Å². The predicted molar refractivity (Wildman–Crippen MR) is 64.3 cm³/mol. The fourth-order valence-corrected chi connectivity index (χ4v) is 2.14. The van der Waals surface area contributed by atoms with Gasteiger partial charge in [-0.25, -0.2) is 4.98 Å². The summed E-state index contributed by atoms with van der Waals surface area (Å²) in [6.07, 6.45) is 3.39. The predicted octanol–water partition coefficient (Wildman–Crippen LogP) is 2.81. The van der Waals surface area contributed by atoms with E-state index in [0.717, 1.165) is 28.4 Å². The molecule has 0 spiro atoms. The summed E-state index contributed by atoms with van der Waals surface area (Å²) in [6, 6.07) is 3.63. The Balaban J connectivity index is 2.14. The molecule has 0 fully saturated rings. The van der Waals surface area contributed by atoms with Crippen LogP contribution >= 0.6 is 23.3 Å². The number of H-pyrrole nitrogens is 1. The van der Waals surface area contributed by atoms with Crippen molar-refractivity contribution in [2.75, 3.05) is 5.32 Å². The number of anilines is 2. The van der Waals surface area contributed by atoms with Crippen molar-refractivity contribution >= 4 is 46.0 Å². The van der Waals surface area contributed by atoms with Gasteiger partial charge in [-0.15, -0.1) is 0 Å². The summed E-state index contributed by atoms with van der Waals surface area (Å²) in [5.41, 5.74) is 2.31. The van der Waals surface area contributed by atoms with Crippen LogP contribution in [0.25, 0.3) is 11.0 Å². The topological polar surface area (TPSA) is 66.5 Å². The highest BCUT2D eigenvalue weighted by atomic mass is 35.5. The molecule has 2 heterocycles. The lowest BCUT2D eigenvalue weighted by Gasteiger charge is -2.05. The van der Waals surface area contributed by atoms with Crippen LogP contribution < -0.4 is 5.32 Å². The maximum atomic E-state index is 6.11. The Labute approximate surface area is 99.8 Å². The lowest BCUT2D eigenvalue weighted by atomic mass is 10.2. The van der Waals surface area contributed by atoms with Gasteiger partial charge in [0.25, 0.3) is 0 Å². The molecule has 0 saturated heterocycles. The minimum absolute atomic E-state index is 0.594. The number of aromatic nitrogens is 4. The Morgan fingerprint density at radius 3 is 3.06 bits per heavy atom. The average Bonchev–Trinajstić information content (AvgIpc) is 2.92. The zero-order valence-corrected chi connectivity index (χ0v) is 9.51. The summed E-state index contributed by atoms with van der Waals surface area (Å²) in [5.74, 6) is 0.627. The van der Waals surface area contributed by atoms with Crippen LogP contribution in [-0.4, -0.2) is 18.7 Å². The van der Waals surface area contributed by atoms with Crippen molar-refractivity contribution in [3.05, 3.63) is 29.5 Å². The number of aromatic amines is 1. The Bertz CT molecular complexity index is 618. The van der Waals surface area contributed by atoms with Gasteiger partial charge in [-0.3, -0.25) is 0 Å². The van der Waals surface area contributed by atoms with Gasteiger partial charge in [0.2, 0.25) is 5.95 Å². The normalized spacial score (nSPS) is 10.8. The van der Waals surface area contributed by atoms with Crippen molar-refractivity contribution < 1.29 is 0 Å². The molecule has 0 amide bonds. The van der Waals surface area contributed by atoms with E-state index in [9.17, 15) is 0 Å². The van der Waals surface area contributed by atoms with Gasteiger partial charge >= 0.3 is 0 Å². The van der Waals surface area contributed by atoms with Crippen LogP contribution in [0.3, 0.4) is 0 Å². The van der Waals surface area contributed by atoms with Crippen molar-refractivity contribution in [2.24, 2.45) is 0 Å². The number of imidazole rings is 1. The van der Waals surface area contributed by atoms with Crippen molar-refractivity contribution in [3.63, 3.8) is 0 Å². The highest BCUT2D eigenvalue weighted by Gasteiger charge is 2.10. The number of nitrogens with zero attached hydrogens (tertiary/aromatic N) is 3. The third-order valence-electron chi connectivity index (χ3n) is 2.12. The summed E-state index contributed by atoms with van der Waals surface area (Å²) in [5, 5.41) is 3.68. The highest BCUT2D eigenvalue weighted by molar-refractivity contribution is 7.00. The summed E-state index contributed by atoms with van der Waals surface area (Å²) >= 11 is 7.27. The van der Waals surface area contributed by atoms with Gasteiger partial charge in [0.15, 0.2) is 0 Å². The quantitative estimate of drug-likeness (QED) is 0.735. The molecule has 0 bridgehead atoms. The number of nitrogens with one attached hydrogen (secondary N) is 2. The second-order valence-electron chi connectivity index (χ2n) is 3.12. The van der Waals surface area contributed by atoms with Gasteiger partial charge in [0.05, 0.1) is 22.4 Å². The monoisotopic (exact) mass is 251 g/mol. The van der Waals surface area contributed by atoms with E-state index in [4.69, 9.17) is 11.6 Å². The van der Waals surface area contributed by atoms with E-state index in [1.807, 2.05) is 6.07 Å². The van der Waals surface area contributed by atoms with E-state index in [0.29, 0.717) is 11.0 Å². The SMILES string of the molecule is Clc1ccc2nsnc2c1Nc1ncc[nH]1. The van der Waals surface area contributed by atoms with Crippen LogP contribution in [0, 0.1) is 0 Å². The lowest BCUT2D eigenvalue weighted by molar-refractivity contribution is 1.29. The molecule has 80 valence electrons. The van der Waals surface area contributed by atoms with E-state index >= 15 is 0 Å². The molecule has 0 radical (unpaired) electrons. The zero-order chi connectivity index (χ0) is 11.0. The average molecular weight is 252 g/mol. The number of hydrogen-bond acceptors (Lipinski definition) is 5. The second-order valence-corrected chi connectivity index (χ2v) is 4.05. The van der Waals surface area contributed by atoms with Gasteiger partial charge in [-0.2, -0.15) is 8.75 Å². The van der Waals surface area contributed by atoms with Gasteiger partial charge in [0.1, 0.15) is 11.0 Å². The Morgan fingerprint density at radius 1 is 1.31 bits per heavy atom. The van der Waals surface area contributed by atoms with Crippen molar-refractivity contribution in [1.82, 2.24) is 18.7 Å². The molecule has 7 heteroatoms. The summed E-state index contributed by atoms with van der Waals surface area (Å²) in [7, 11) is 0. The molecule has 16 heavy (non-hydrogen) atoms. The Morgan fingerprint density at radius 2 is 2.25 bits per heavy atom. The van der Waals surface area contributed by atoms with Crippen LogP contribution in [0.2, 0.25) is 5.02 Å². The summed E-state index contributed by atoms with van der Waals surface area (Å²) in [6.45, 7) is 0. The molecule has 0 unspecified atom stereocenters. The van der Waals surface area contributed by atoms with E-state index in [1.165, 1.54) is 0 Å². The standard InChI is InChI=1S/C9H6ClN5S/c10-5-1-2-6-8(15-16-14-6)7(5)13-9-11-3-4-12-9/h1-4H,(H2,11,12,13). The Kier molecular flexibility index (Phi) is 2.23. The second kappa shape index (κ2) is 3.73.